The first kappa shape index (κ1) is 20.3. The molecule has 0 bridgehead atoms. The van der Waals surface area contributed by atoms with Gasteiger partial charge in [-0.25, -0.2) is 14.4 Å². The van der Waals surface area contributed by atoms with Crippen molar-refractivity contribution in [1.29, 1.82) is 0 Å². The molecule has 5 aromatic rings. The van der Waals surface area contributed by atoms with E-state index in [1.165, 1.54) is 6.07 Å². The fraction of sp³-hybridized carbons (Fsp3) is 0.182. The summed E-state index contributed by atoms with van der Waals surface area (Å²) in [5.41, 5.74) is 3.07. The van der Waals surface area contributed by atoms with E-state index in [1.54, 1.807) is 55.3 Å². The lowest BCUT2D eigenvalue weighted by molar-refractivity contribution is 0.168. The van der Waals surface area contributed by atoms with Crippen LogP contribution in [0.3, 0.4) is 0 Å². The van der Waals surface area contributed by atoms with Crippen LogP contribution in [0.25, 0.3) is 33.3 Å². The highest BCUT2D eigenvalue weighted by Crippen LogP contribution is 2.37. The van der Waals surface area contributed by atoms with Gasteiger partial charge < -0.3 is 14.8 Å². The number of hydrogen-bond acceptors (Lipinski definition) is 6. The van der Waals surface area contributed by atoms with Gasteiger partial charge in [0.1, 0.15) is 27.6 Å². The van der Waals surface area contributed by atoms with Gasteiger partial charge in [-0.3, -0.25) is 9.67 Å². The van der Waals surface area contributed by atoms with Crippen LogP contribution in [0.2, 0.25) is 5.02 Å². The van der Waals surface area contributed by atoms with Gasteiger partial charge in [-0.05, 0) is 38.1 Å². The van der Waals surface area contributed by atoms with E-state index >= 15 is 0 Å². The maximum absolute atomic E-state index is 14.9. The number of fused-ring (bicyclic) bond motifs is 2. The van der Waals surface area contributed by atoms with E-state index in [2.05, 4.69) is 25.0 Å². The van der Waals surface area contributed by atoms with Crippen LogP contribution in [0, 0.1) is 12.7 Å². The first-order valence-corrected chi connectivity index (χ1v) is 10.3. The Labute approximate surface area is 186 Å². The predicted octanol–water partition coefficient (Wildman–Crippen LogP) is 4.64. The van der Waals surface area contributed by atoms with Crippen LogP contribution in [0.5, 0.6) is 11.5 Å². The number of rotatable bonds is 5. The van der Waals surface area contributed by atoms with Gasteiger partial charge in [0.2, 0.25) is 0 Å². The number of ether oxygens (including phenoxy) is 1. The smallest absolute Gasteiger partial charge is 0.191 e. The Morgan fingerprint density at radius 2 is 1.94 bits per heavy atom. The number of nitrogens with one attached hydrogen (secondary N) is 1. The van der Waals surface area contributed by atoms with E-state index < -0.39 is 11.9 Å². The van der Waals surface area contributed by atoms with Crippen LogP contribution in [0.1, 0.15) is 12.7 Å². The number of aryl methyl sites for hydroxylation is 1. The molecule has 0 radical (unpaired) electrons. The number of imidazole rings is 1. The molecule has 2 N–H and O–H groups in total. The normalized spacial score (nSPS) is 12.5. The molecule has 1 atom stereocenters. The van der Waals surface area contributed by atoms with Crippen molar-refractivity contribution >= 4 is 33.7 Å². The Morgan fingerprint density at radius 3 is 2.75 bits per heavy atom. The summed E-state index contributed by atoms with van der Waals surface area (Å²) in [4.78, 5) is 16.1. The minimum absolute atomic E-state index is 0.0194. The second kappa shape index (κ2) is 7.85. The predicted molar refractivity (Wildman–Crippen MR) is 118 cm³/mol. The monoisotopic (exact) mass is 452 g/mol. The molecule has 1 unspecified atom stereocenters. The second-order valence-corrected chi connectivity index (χ2v) is 7.87. The molecule has 0 aliphatic heterocycles. The molecular weight excluding hydrogens is 435 g/mol. The van der Waals surface area contributed by atoms with Gasteiger partial charge >= 0.3 is 0 Å². The number of aliphatic hydroxyl groups is 1. The molecule has 0 saturated heterocycles. The first-order chi connectivity index (χ1) is 15.4. The van der Waals surface area contributed by atoms with Crippen molar-refractivity contribution in [1.82, 2.24) is 29.7 Å². The van der Waals surface area contributed by atoms with Crippen molar-refractivity contribution in [3.63, 3.8) is 0 Å². The van der Waals surface area contributed by atoms with Crippen LogP contribution in [0.15, 0.2) is 42.9 Å². The Balaban J connectivity index is 1.52. The van der Waals surface area contributed by atoms with E-state index in [0.29, 0.717) is 34.6 Å². The summed E-state index contributed by atoms with van der Waals surface area (Å²) in [6.45, 7) is 3.81. The van der Waals surface area contributed by atoms with E-state index in [-0.39, 0.29) is 22.0 Å². The largest absolute Gasteiger partial charge is 0.453 e. The molecule has 0 aliphatic rings. The molecule has 0 fully saturated rings. The highest BCUT2D eigenvalue weighted by atomic mass is 35.5. The zero-order valence-corrected chi connectivity index (χ0v) is 17.9. The molecule has 3 aromatic heterocycles. The number of aromatic nitrogens is 6. The minimum Gasteiger partial charge on any atom is -0.453 e. The van der Waals surface area contributed by atoms with Crippen LogP contribution in [-0.2, 0) is 6.54 Å². The van der Waals surface area contributed by atoms with Crippen molar-refractivity contribution in [2.75, 3.05) is 0 Å². The Kier molecular flexibility index (Phi) is 4.99. The van der Waals surface area contributed by atoms with Gasteiger partial charge in [-0.15, -0.1) is 0 Å². The molecule has 0 saturated carbocycles. The first-order valence-electron chi connectivity index (χ1n) is 9.88. The van der Waals surface area contributed by atoms with Gasteiger partial charge in [0.05, 0.1) is 41.8 Å². The molecule has 32 heavy (non-hydrogen) atoms. The van der Waals surface area contributed by atoms with Crippen molar-refractivity contribution in [2.24, 2.45) is 0 Å². The van der Waals surface area contributed by atoms with Crippen molar-refractivity contribution in [3.8, 4) is 22.8 Å². The molecule has 162 valence electrons. The molecule has 0 aliphatic carbocycles. The van der Waals surface area contributed by atoms with Crippen molar-refractivity contribution < 1.29 is 14.2 Å². The van der Waals surface area contributed by atoms with E-state index in [9.17, 15) is 9.50 Å². The second-order valence-electron chi connectivity index (χ2n) is 7.50. The zero-order valence-electron chi connectivity index (χ0n) is 17.2. The van der Waals surface area contributed by atoms with Crippen LogP contribution >= 0.6 is 11.6 Å². The van der Waals surface area contributed by atoms with Crippen LogP contribution < -0.4 is 4.74 Å². The summed E-state index contributed by atoms with van der Waals surface area (Å²) in [5, 5.41) is 14.0. The minimum atomic E-state index is -0.551. The lowest BCUT2D eigenvalue weighted by Gasteiger charge is -2.10. The number of hydrogen-bond donors (Lipinski definition) is 2. The Hall–Kier alpha value is -3.56. The Morgan fingerprint density at radius 1 is 1.16 bits per heavy atom. The third-order valence-electron chi connectivity index (χ3n) is 4.90. The summed E-state index contributed by atoms with van der Waals surface area (Å²) in [7, 11) is 0. The molecule has 3 heterocycles. The molecular formula is C22H18ClFN6O2. The molecule has 0 amide bonds. The fourth-order valence-electron chi connectivity index (χ4n) is 3.46. The summed E-state index contributed by atoms with van der Waals surface area (Å²) >= 11 is 6.58. The van der Waals surface area contributed by atoms with Crippen molar-refractivity contribution in [3.05, 3.63) is 59.5 Å². The topological polar surface area (TPSA) is 102 Å². The van der Waals surface area contributed by atoms with Crippen molar-refractivity contribution in [2.45, 2.75) is 26.5 Å². The molecule has 5 rings (SSSR count). The third-order valence-corrected chi connectivity index (χ3v) is 5.26. The summed E-state index contributed by atoms with van der Waals surface area (Å²) in [6, 6.07) is 6.52. The van der Waals surface area contributed by atoms with Crippen LogP contribution in [-0.4, -0.2) is 40.9 Å². The van der Waals surface area contributed by atoms with E-state index in [0.717, 1.165) is 5.56 Å². The van der Waals surface area contributed by atoms with Gasteiger partial charge in [0, 0.05) is 11.8 Å². The number of aromatic amines is 1. The molecule has 0 spiro atoms. The Bertz CT molecular complexity index is 1460. The van der Waals surface area contributed by atoms with Gasteiger partial charge in [-0.1, -0.05) is 11.6 Å². The number of halogens is 2. The van der Waals surface area contributed by atoms with Crippen LogP contribution in [0.4, 0.5) is 4.39 Å². The van der Waals surface area contributed by atoms with E-state index in [1.807, 2.05) is 0 Å². The maximum Gasteiger partial charge on any atom is 0.191 e. The highest BCUT2D eigenvalue weighted by Gasteiger charge is 2.16. The van der Waals surface area contributed by atoms with E-state index in [4.69, 9.17) is 16.3 Å². The summed E-state index contributed by atoms with van der Waals surface area (Å²) in [6.07, 6.45) is 4.51. The highest BCUT2D eigenvalue weighted by molar-refractivity contribution is 6.36. The average Bonchev–Trinajstić information content (AvgIpc) is 3.38. The number of nitrogens with zero attached hydrogens (tertiary/aromatic N) is 5. The lowest BCUT2D eigenvalue weighted by atomic mass is 10.2. The maximum atomic E-state index is 14.9. The SMILES string of the molecule is Cc1nc2ccc(Oc3ccc4ncc(-c5cnn(CC(C)O)c5)nc4c3Cl)c(F)c2[nH]1. The number of H-pyrrole nitrogens is 1. The van der Waals surface area contributed by atoms with Gasteiger partial charge in [0.25, 0.3) is 0 Å². The summed E-state index contributed by atoms with van der Waals surface area (Å²) < 4.78 is 22.3. The van der Waals surface area contributed by atoms with Gasteiger partial charge in [0.15, 0.2) is 11.6 Å². The quantitative estimate of drug-likeness (QED) is 0.402. The lowest BCUT2D eigenvalue weighted by Crippen LogP contribution is -2.11. The molecule has 10 heteroatoms. The van der Waals surface area contributed by atoms with Gasteiger partial charge in [-0.2, -0.15) is 5.10 Å². The number of aliphatic hydroxyl groups excluding tert-OH is 1. The molecule has 8 nitrogen and oxygen atoms in total. The zero-order chi connectivity index (χ0) is 22.4. The summed E-state index contributed by atoms with van der Waals surface area (Å²) in [5.74, 6) is 0.333. The standard InChI is InChI=1S/C22H18ClFN6O2/c1-11(31)9-30-10-13(7-26-30)16-8-25-14-3-5-17(19(23)21(14)29-16)32-18-6-4-15-22(20(18)24)28-12(2)27-15/h3-8,10-11,31H,9H2,1-2H3,(H,27,28). The molecule has 2 aromatic carbocycles. The average molecular weight is 453 g/mol. The third kappa shape index (κ3) is 3.65. The fourth-order valence-corrected chi connectivity index (χ4v) is 3.70. The number of benzene rings is 2.